The molecule has 0 spiro atoms. The molecule has 1 amide bonds. The number of carbonyl (C=O) groups is 2. The second-order valence-corrected chi connectivity index (χ2v) is 5.96. The Labute approximate surface area is 131 Å². The van der Waals surface area contributed by atoms with Crippen LogP contribution >= 0.6 is 11.3 Å². The van der Waals surface area contributed by atoms with Crippen molar-refractivity contribution in [3.63, 3.8) is 0 Å². The molecule has 7 nitrogen and oxygen atoms in total. The van der Waals surface area contributed by atoms with Crippen LogP contribution in [0.25, 0.3) is 10.7 Å². The van der Waals surface area contributed by atoms with Gasteiger partial charge in [-0.1, -0.05) is 13.8 Å². The molecule has 22 heavy (non-hydrogen) atoms. The summed E-state index contributed by atoms with van der Waals surface area (Å²) >= 11 is 1.28. The zero-order valence-electron chi connectivity index (χ0n) is 12.3. The van der Waals surface area contributed by atoms with Gasteiger partial charge in [-0.25, -0.2) is 4.98 Å². The molecular weight excluding hydrogens is 304 g/mol. The van der Waals surface area contributed by atoms with Crippen molar-refractivity contribution in [1.29, 1.82) is 0 Å². The fraction of sp³-hybridized carbons (Fsp3) is 0.357. The Morgan fingerprint density at radius 3 is 2.73 bits per heavy atom. The van der Waals surface area contributed by atoms with Gasteiger partial charge in [-0.05, 0) is 5.92 Å². The molecule has 0 radical (unpaired) electrons. The molecule has 2 heterocycles. The van der Waals surface area contributed by atoms with Crippen LogP contribution in [0.4, 0.5) is 0 Å². The third-order valence-electron chi connectivity index (χ3n) is 2.70. The van der Waals surface area contributed by atoms with Gasteiger partial charge in [0, 0.05) is 24.3 Å². The van der Waals surface area contributed by atoms with Gasteiger partial charge in [0.05, 0.1) is 6.20 Å². The van der Waals surface area contributed by atoms with E-state index < -0.39 is 5.97 Å². The van der Waals surface area contributed by atoms with Gasteiger partial charge in [0.2, 0.25) is 0 Å². The van der Waals surface area contributed by atoms with Gasteiger partial charge >= 0.3 is 5.97 Å². The van der Waals surface area contributed by atoms with Crippen LogP contribution in [-0.2, 0) is 4.79 Å². The average molecular weight is 320 g/mol. The van der Waals surface area contributed by atoms with Gasteiger partial charge in [-0.3, -0.25) is 19.6 Å². The summed E-state index contributed by atoms with van der Waals surface area (Å²) in [5.41, 5.74) is 0.813. The number of amides is 1. The largest absolute Gasteiger partial charge is 0.480 e. The van der Waals surface area contributed by atoms with Gasteiger partial charge in [-0.2, -0.15) is 0 Å². The van der Waals surface area contributed by atoms with E-state index >= 15 is 0 Å². The number of hydrogen-bond acceptors (Lipinski definition) is 6. The lowest BCUT2D eigenvalue weighted by Crippen LogP contribution is -2.38. The maximum atomic E-state index is 12.4. The molecule has 8 heteroatoms. The maximum absolute atomic E-state index is 12.4. The third-order valence-corrected chi connectivity index (χ3v) is 3.57. The predicted molar refractivity (Wildman–Crippen MR) is 81.5 cm³/mol. The fourth-order valence-corrected chi connectivity index (χ4v) is 2.64. The molecule has 0 saturated carbocycles. The monoisotopic (exact) mass is 320 g/mol. The number of carbonyl (C=O) groups excluding carboxylic acids is 1. The summed E-state index contributed by atoms with van der Waals surface area (Å²) in [4.78, 5) is 37.0. The molecule has 0 aliphatic carbocycles. The third kappa shape index (κ3) is 4.08. The van der Waals surface area contributed by atoms with Gasteiger partial charge in [0.25, 0.3) is 5.91 Å². The number of nitrogens with zero attached hydrogens (tertiary/aromatic N) is 4. The molecule has 0 aliphatic rings. The summed E-state index contributed by atoms with van der Waals surface area (Å²) in [6.45, 7) is 3.88. The van der Waals surface area contributed by atoms with Gasteiger partial charge in [-0.15, -0.1) is 11.3 Å². The van der Waals surface area contributed by atoms with Crippen molar-refractivity contribution in [3.05, 3.63) is 29.7 Å². The Kier molecular flexibility index (Phi) is 5.16. The van der Waals surface area contributed by atoms with E-state index in [0.717, 1.165) is 0 Å². The topological polar surface area (TPSA) is 96.3 Å². The highest BCUT2D eigenvalue weighted by Gasteiger charge is 2.22. The van der Waals surface area contributed by atoms with Gasteiger partial charge in [0.15, 0.2) is 0 Å². The Morgan fingerprint density at radius 2 is 2.14 bits per heavy atom. The van der Waals surface area contributed by atoms with Crippen LogP contribution in [0.15, 0.2) is 24.0 Å². The lowest BCUT2D eigenvalue weighted by atomic mass is 10.2. The van der Waals surface area contributed by atoms with Crippen molar-refractivity contribution in [2.24, 2.45) is 5.92 Å². The molecule has 0 saturated heterocycles. The minimum Gasteiger partial charge on any atom is -0.480 e. The van der Waals surface area contributed by atoms with Gasteiger partial charge < -0.3 is 10.0 Å². The first-order valence-corrected chi connectivity index (χ1v) is 7.58. The number of carboxylic acid groups (broad SMARTS) is 1. The second kappa shape index (κ2) is 7.08. The number of aliphatic carboxylic acids is 1. The molecule has 0 fully saturated rings. The zero-order valence-corrected chi connectivity index (χ0v) is 13.1. The highest BCUT2D eigenvalue weighted by atomic mass is 32.1. The Morgan fingerprint density at radius 1 is 1.36 bits per heavy atom. The summed E-state index contributed by atoms with van der Waals surface area (Å²) < 4.78 is 0. The van der Waals surface area contributed by atoms with E-state index in [1.165, 1.54) is 16.2 Å². The summed E-state index contributed by atoms with van der Waals surface area (Å²) in [7, 11) is 0. The number of thiazole rings is 1. The first kappa shape index (κ1) is 16.0. The van der Waals surface area contributed by atoms with Crippen LogP contribution < -0.4 is 0 Å². The Balaban J connectivity index is 2.20. The highest BCUT2D eigenvalue weighted by Crippen LogP contribution is 2.21. The van der Waals surface area contributed by atoms with E-state index in [9.17, 15) is 9.59 Å². The van der Waals surface area contributed by atoms with Crippen molar-refractivity contribution in [2.45, 2.75) is 13.8 Å². The standard InChI is InChI=1S/C14H16N4O3S/c1-9(2)6-18(7-12(19)20)14(21)11-8-22-13(17-11)10-5-15-3-4-16-10/h3-5,8-9H,6-7H2,1-2H3,(H,19,20). The molecule has 1 N–H and O–H groups in total. The van der Waals surface area contributed by atoms with Gasteiger partial charge in [0.1, 0.15) is 22.9 Å². The van der Waals surface area contributed by atoms with Crippen LogP contribution in [0.3, 0.4) is 0 Å². The van der Waals surface area contributed by atoms with Crippen molar-refractivity contribution >= 4 is 23.2 Å². The maximum Gasteiger partial charge on any atom is 0.323 e. The first-order valence-electron chi connectivity index (χ1n) is 6.70. The summed E-state index contributed by atoms with van der Waals surface area (Å²) in [5, 5.41) is 11.1. The van der Waals surface area contributed by atoms with E-state index in [2.05, 4.69) is 15.0 Å². The van der Waals surface area contributed by atoms with Crippen LogP contribution in [0.5, 0.6) is 0 Å². The fourth-order valence-electron chi connectivity index (χ4n) is 1.88. The number of hydrogen-bond donors (Lipinski definition) is 1. The van der Waals surface area contributed by atoms with E-state index in [4.69, 9.17) is 5.11 Å². The number of aromatic nitrogens is 3. The molecule has 0 atom stereocenters. The lowest BCUT2D eigenvalue weighted by Gasteiger charge is -2.21. The van der Waals surface area contributed by atoms with E-state index in [1.807, 2.05) is 13.8 Å². The van der Waals surface area contributed by atoms with Crippen LogP contribution in [0.1, 0.15) is 24.3 Å². The minimum absolute atomic E-state index is 0.168. The molecule has 116 valence electrons. The molecule has 0 aromatic carbocycles. The first-order chi connectivity index (χ1) is 10.5. The van der Waals surface area contributed by atoms with Crippen molar-refractivity contribution in [1.82, 2.24) is 19.9 Å². The van der Waals surface area contributed by atoms with Crippen molar-refractivity contribution in [2.75, 3.05) is 13.1 Å². The average Bonchev–Trinajstić information content (AvgIpc) is 2.95. The Hall–Kier alpha value is -2.35. The van der Waals surface area contributed by atoms with E-state index in [-0.39, 0.29) is 24.1 Å². The minimum atomic E-state index is -1.04. The molecule has 2 rings (SSSR count). The molecule has 2 aromatic rings. The van der Waals surface area contributed by atoms with Crippen LogP contribution in [-0.4, -0.2) is 49.9 Å². The molecule has 0 unspecified atom stereocenters. The summed E-state index contributed by atoms with van der Waals surface area (Å²) in [6.07, 6.45) is 4.67. The Bertz CT molecular complexity index is 657. The van der Waals surface area contributed by atoms with E-state index in [1.54, 1.807) is 24.0 Å². The van der Waals surface area contributed by atoms with Crippen LogP contribution in [0, 0.1) is 5.92 Å². The normalized spacial score (nSPS) is 10.7. The van der Waals surface area contributed by atoms with Crippen LogP contribution in [0.2, 0.25) is 0 Å². The SMILES string of the molecule is CC(C)CN(CC(=O)O)C(=O)c1csc(-c2cnccn2)n1. The summed E-state index contributed by atoms with van der Waals surface area (Å²) in [6, 6.07) is 0. The highest BCUT2D eigenvalue weighted by molar-refractivity contribution is 7.13. The predicted octanol–water partition coefficient (Wildman–Crippen LogP) is 1.78. The molecular formula is C14H16N4O3S. The number of rotatable bonds is 6. The van der Waals surface area contributed by atoms with Crippen molar-refractivity contribution in [3.8, 4) is 10.7 Å². The number of carboxylic acids is 1. The molecule has 0 aliphatic heterocycles. The second-order valence-electron chi connectivity index (χ2n) is 5.10. The smallest absolute Gasteiger partial charge is 0.323 e. The quantitative estimate of drug-likeness (QED) is 0.871. The van der Waals surface area contributed by atoms with Crippen molar-refractivity contribution < 1.29 is 14.7 Å². The summed E-state index contributed by atoms with van der Waals surface area (Å²) in [5.74, 6) is -1.26. The molecule has 2 aromatic heterocycles. The zero-order chi connectivity index (χ0) is 16.1. The lowest BCUT2D eigenvalue weighted by molar-refractivity contribution is -0.137. The molecule has 0 bridgehead atoms. The van der Waals surface area contributed by atoms with E-state index in [0.29, 0.717) is 17.2 Å².